The molecule has 104 valence electrons. The minimum atomic E-state index is -0.689. The molecule has 0 saturated heterocycles. The van der Waals surface area contributed by atoms with Crippen molar-refractivity contribution in [2.24, 2.45) is 0 Å². The molecule has 0 aliphatic carbocycles. The summed E-state index contributed by atoms with van der Waals surface area (Å²) < 4.78 is 4.47. The molecule has 1 rings (SSSR count). The number of rotatable bonds is 6. The van der Waals surface area contributed by atoms with Crippen molar-refractivity contribution in [1.29, 1.82) is 0 Å². The first kappa shape index (κ1) is 14.8. The van der Waals surface area contributed by atoms with E-state index in [1.165, 1.54) is 13.3 Å². The van der Waals surface area contributed by atoms with Gasteiger partial charge in [-0.05, 0) is 13.3 Å². The zero-order valence-electron chi connectivity index (χ0n) is 10.6. The lowest BCUT2D eigenvalue weighted by molar-refractivity contribution is -0.384. The third kappa shape index (κ3) is 4.18. The fourth-order valence-corrected chi connectivity index (χ4v) is 1.36. The van der Waals surface area contributed by atoms with Crippen molar-refractivity contribution >= 4 is 17.5 Å². The van der Waals surface area contributed by atoms with E-state index in [0.717, 1.165) is 6.07 Å². The van der Waals surface area contributed by atoms with Crippen LogP contribution in [0.2, 0.25) is 0 Å². The molecule has 19 heavy (non-hydrogen) atoms. The molecular weight excluding hydrogens is 254 g/mol. The summed E-state index contributed by atoms with van der Waals surface area (Å²) in [5.41, 5.74) is -0.302. The van der Waals surface area contributed by atoms with E-state index in [4.69, 9.17) is 5.11 Å². The van der Waals surface area contributed by atoms with Gasteiger partial charge in [0.2, 0.25) is 5.82 Å². The van der Waals surface area contributed by atoms with Gasteiger partial charge < -0.3 is 15.2 Å². The Morgan fingerprint density at radius 2 is 2.37 bits per heavy atom. The zero-order valence-corrected chi connectivity index (χ0v) is 10.6. The van der Waals surface area contributed by atoms with Crippen molar-refractivity contribution < 1.29 is 19.6 Å². The molecule has 0 bridgehead atoms. The highest BCUT2D eigenvalue weighted by Gasteiger charge is 2.19. The van der Waals surface area contributed by atoms with E-state index in [1.54, 1.807) is 6.92 Å². The van der Waals surface area contributed by atoms with Crippen molar-refractivity contribution in [2.75, 3.05) is 19.0 Å². The number of aliphatic hydroxyl groups is 1. The van der Waals surface area contributed by atoms with Crippen LogP contribution in [0.4, 0.5) is 11.5 Å². The van der Waals surface area contributed by atoms with Gasteiger partial charge in [0, 0.05) is 18.8 Å². The zero-order chi connectivity index (χ0) is 14.4. The Balaban J connectivity index is 2.92. The van der Waals surface area contributed by atoms with Crippen LogP contribution in [0.5, 0.6) is 0 Å². The van der Waals surface area contributed by atoms with Crippen molar-refractivity contribution in [3.63, 3.8) is 0 Å². The van der Waals surface area contributed by atoms with Crippen molar-refractivity contribution in [1.82, 2.24) is 4.98 Å². The molecule has 8 nitrogen and oxygen atoms in total. The van der Waals surface area contributed by atoms with Crippen LogP contribution >= 0.6 is 0 Å². The fourth-order valence-electron chi connectivity index (χ4n) is 1.36. The molecule has 0 fully saturated rings. The highest BCUT2D eigenvalue weighted by atomic mass is 16.6. The molecule has 0 spiro atoms. The quantitative estimate of drug-likeness (QED) is 0.449. The highest BCUT2D eigenvalue weighted by Crippen LogP contribution is 2.23. The maximum atomic E-state index is 11.3. The second kappa shape index (κ2) is 6.64. The molecule has 1 aromatic rings. The smallest absolute Gasteiger partial charge is 0.339 e. The molecule has 0 saturated carbocycles. The number of hydrogen-bond acceptors (Lipinski definition) is 7. The van der Waals surface area contributed by atoms with Gasteiger partial charge in [-0.1, -0.05) is 0 Å². The lowest BCUT2D eigenvalue weighted by Gasteiger charge is -2.08. The third-order valence-electron chi connectivity index (χ3n) is 2.34. The first-order valence-electron chi connectivity index (χ1n) is 5.60. The Kier molecular flexibility index (Phi) is 5.19. The number of aromatic nitrogens is 1. The van der Waals surface area contributed by atoms with Gasteiger partial charge in [0.05, 0.1) is 23.7 Å². The van der Waals surface area contributed by atoms with Gasteiger partial charge in [0.15, 0.2) is 0 Å². The molecule has 1 atom stereocenters. The van der Waals surface area contributed by atoms with E-state index < -0.39 is 17.0 Å². The summed E-state index contributed by atoms with van der Waals surface area (Å²) in [7, 11) is 1.18. The molecule has 1 aromatic heterocycles. The molecule has 2 N–H and O–H groups in total. The third-order valence-corrected chi connectivity index (χ3v) is 2.34. The summed E-state index contributed by atoms with van der Waals surface area (Å²) in [5.74, 6) is -0.635. The Morgan fingerprint density at radius 3 is 2.89 bits per heavy atom. The van der Waals surface area contributed by atoms with E-state index in [-0.39, 0.29) is 17.1 Å². The number of pyridine rings is 1. The first-order chi connectivity index (χ1) is 8.95. The van der Waals surface area contributed by atoms with Crippen LogP contribution in [-0.2, 0) is 4.74 Å². The SMILES string of the molecule is COC(=O)c1cnc(NCCC(C)O)c([N+](=O)[O-])c1. The lowest BCUT2D eigenvalue weighted by Crippen LogP contribution is -2.12. The van der Waals surface area contributed by atoms with Gasteiger partial charge in [0.1, 0.15) is 0 Å². The number of ether oxygens (including phenoxy) is 1. The number of carbonyl (C=O) groups excluding carboxylic acids is 1. The molecule has 1 heterocycles. The number of nitro groups is 1. The number of nitrogens with zero attached hydrogens (tertiary/aromatic N) is 2. The number of aliphatic hydroxyl groups excluding tert-OH is 1. The van der Waals surface area contributed by atoms with Crippen molar-refractivity contribution in [3.8, 4) is 0 Å². The van der Waals surface area contributed by atoms with Crippen LogP contribution in [0.25, 0.3) is 0 Å². The second-order valence-electron chi connectivity index (χ2n) is 3.90. The highest BCUT2D eigenvalue weighted by molar-refractivity contribution is 5.90. The predicted octanol–water partition coefficient (Wildman–Crippen LogP) is 0.959. The Morgan fingerprint density at radius 1 is 1.68 bits per heavy atom. The van der Waals surface area contributed by atoms with Crippen LogP contribution in [0, 0.1) is 10.1 Å². The Labute approximate surface area is 109 Å². The summed E-state index contributed by atoms with van der Waals surface area (Å²) >= 11 is 0. The number of methoxy groups -OCH3 is 1. The predicted molar refractivity (Wildman–Crippen MR) is 67.0 cm³/mol. The summed E-state index contributed by atoms with van der Waals surface area (Å²) in [4.78, 5) is 25.4. The molecule has 0 amide bonds. The standard InChI is InChI=1S/C11H15N3O5/c1-7(15)3-4-12-10-9(14(17)18)5-8(6-13-10)11(16)19-2/h5-7,15H,3-4H2,1-2H3,(H,12,13). The molecule has 0 aliphatic rings. The maximum Gasteiger partial charge on any atom is 0.339 e. The monoisotopic (exact) mass is 269 g/mol. The van der Waals surface area contributed by atoms with Crippen LogP contribution in [-0.4, -0.2) is 40.7 Å². The van der Waals surface area contributed by atoms with Gasteiger partial charge in [-0.3, -0.25) is 10.1 Å². The maximum absolute atomic E-state index is 11.3. The summed E-state index contributed by atoms with van der Waals surface area (Å²) in [5, 5.41) is 22.8. The van der Waals surface area contributed by atoms with Gasteiger partial charge in [-0.2, -0.15) is 0 Å². The fraction of sp³-hybridized carbons (Fsp3) is 0.455. The lowest BCUT2D eigenvalue weighted by atomic mass is 10.2. The number of esters is 1. The summed E-state index contributed by atoms with van der Waals surface area (Å²) in [6.45, 7) is 1.95. The number of nitrogens with one attached hydrogen (secondary N) is 1. The van der Waals surface area contributed by atoms with Crippen LogP contribution in [0.1, 0.15) is 23.7 Å². The first-order valence-corrected chi connectivity index (χ1v) is 5.60. The minimum Gasteiger partial charge on any atom is -0.465 e. The van der Waals surface area contributed by atoms with Gasteiger partial charge >= 0.3 is 11.7 Å². The second-order valence-corrected chi connectivity index (χ2v) is 3.90. The average molecular weight is 269 g/mol. The average Bonchev–Trinajstić information content (AvgIpc) is 2.37. The van der Waals surface area contributed by atoms with Crippen LogP contribution in [0.3, 0.4) is 0 Å². The van der Waals surface area contributed by atoms with Gasteiger partial charge in [-0.15, -0.1) is 0 Å². The minimum absolute atomic E-state index is 0.00952. The number of anilines is 1. The van der Waals surface area contributed by atoms with Crippen molar-refractivity contribution in [2.45, 2.75) is 19.4 Å². The number of carbonyl (C=O) groups is 1. The Bertz CT molecular complexity index is 475. The van der Waals surface area contributed by atoms with E-state index in [1.807, 2.05) is 0 Å². The molecule has 8 heteroatoms. The Hall–Kier alpha value is -2.22. The van der Waals surface area contributed by atoms with Crippen LogP contribution in [0.15, 0.2) is 12.3 Å². The van der Waals surface area contributed by atoms with E-state index in [2.05, 4.69) is 15.0 Å². The largest absolute Gasteiger partial charge is 0.465 e. The van der Waals surface area contributed by atoms with E-state index in [9.17, 15) is 14.9 Å². The van der Waals surface area contributed by atoms with E-state index in [0.29, 0.717) is 13.0 Å². The molecule has 1 unspecified atom stereocenters. The topological polar surface area (TPSA) is 115 Å². The molecule has 0 radical (unpaired) electrons. The van der Waals surface area contributed by atoms with Gasteiger partial charge in [-0.25, -0.2) is 9.78 Å². The van der Waals surface area contributed by atoms with Crippen molar-refractivity contribution in [3.05, 3.63) is 27.9 Å². The normalized spacial score (nSPS) is 11.7. The summed E-state index contributed by atoms with van der Waals surface area (Å²) in [6.07, 6.45) is 1.11. The molecule has 0 aromatic carbocycles. The molecular formula is C11H15N3O5. The molecule has 0 aliphatic heterocycles. The summed E-state index contributed by atoms with van der Waals surface area (Å²) in [6, 6.07) is 1.10. The van der Waals surface area contributed by atoms with Crippen LogP contribution < -0.4 is 5.32 Å². The van der Waals surface area contributed by atoms with Gasteiger partial charge in [0.25, 0.3) is 0 Å². The number of hydrogen-bond donors (Lipinski definition) is 2. The van der Waals surface area contributed by atoms with E-state index >= 15 is 0 Å².